The fourth-order valence-corrected chi connectivity index (χ4v) is 3.12. The largest absolute Gasteiger partial charge is 0.493 e. The number of aliphatic imine (C=N–C) groups is 1. The van der Waals surface area contributed by atoms with Crippen LogP contribution in [-0.2, 0) is 19.4 Å². The number of aromatic nitrogens is 2. The smallest absolute Gasteiger partial charge is 0.228 e. The summed E-state index contributed by atoms with van der Waals surface area (Å²) in [7, 11) is 5.11. The Morgan fingerprint density at radius 3 is 2.56 bits per heavy atom. The summed E-state index contributed by atoms with van der Waals surface area (Å²) in [4.78, 5) is 10.8. The molecular formula is C18H26IN5O3. The number of ether oxygens (including phenoxy) is 2. The molecule has 2 aromatic rings. The summed E-state index contributed by atoms with van der Waals surface area (Å²) in [6.45, 7) is 4.16. The monoisotopic (exact) mass is 487 g/mol. The van der Waals surface area contributed by atoms with E-state index in [9.17, 15) is 0 Å². The summed E-state index contributed by atoms with van der Waals surface area (Å²) < 4.78 is 16.0. The van der Waals surface area contributed by atoms with Crippen LogP contribution in [0.4, 0.5) is 0 Å². The van der Waals surface area contributed by atoms with Gasteiger partial charge in [-0.25, -0.2) is 0 Å². The van der Waals surface area contributed by atoms with Gasteiger partial charge in [0.15, 0.2) is 23.3 Å². The molecule has 0 saturated carbocycles. The molecule has 148 valence electrons. The maximum absolute atomic E-state index is 5.43. The predicted octanol–water partition coefficient (Wildman–Crippen LogP) is 2.19. The molecule has 0 unspecified atom stereocenters. The third kappa shape index (κ3) is 5.02. The van der Waals surface area contributed by atoms with Gasteiger partial charge in [-0.05, 0) is 36.6 Å². The van der Waals surface area contributed by atoms with E-state index in [2.05, 4.69) is 37.5 Å². The van der Waals surface area contributed by atoms with E-state index in [4.69, 9.17) is 14.0 Å². The van der Waals surface area contributed by atoms with E-state index in [0.29, 0.717) is 24.7 Å². The van der Waals surface area contributed by atoms with Crippen LogP contribution in [0.3, 0.4) is 0 Å². The van der Waals surface area contributed by atoms with Crippen LogP contribution < -0.4 is 14.8 Å². The first kappa shape index (κ1) is 21.3. The Morgan fingerprint density at radius 2 is 1.96 bits per heavy atom. The van der Waals surface area contributed by atoms with Crippen molar-refractivity contribution in [2.45, 2.75) is 26.3 Å². The molecule has 0 radical (unpaired) electrons. The predicted molar refractivity (Wildman–Crippen MR) is 113 cm³/mol. The lowest BCUT2D eigenvalue weighted by molar-refractivity contribution is 0.345. The molecule has 8 nitrogen and oxygen atoms in total. The van der Waals surface area contributed by atoms with E-state index in [-0.39, 0.29) is 24.0 Å². The fraction of sp³-hybridized carbons (Fsp3) is 0.500. The van der Waals surface area contributed by atoms with Crippen molar-refractivity contribution in [3.05, 3.63) is 35.0 Å². The Balaban J connectivity index is 0.00000261. The first-order chi connectivity index (χ1) is 12.6. The van der Waals surface area contributed by atoms with Gasteiger partial charge in [0.1, 0.15) is 0 Å². The second-order valence-electron chi connectivity index (χ2n) is 6.11. The number of hydrogen-bond donors (Lipinski definition) is 1. The van der Waals surface area contributed by atoms with Crippen LogP contribution in [0.2, 0.25) is 0 Å². The highest BCUT2D eigenvalue weighted by Gasteiger charge is 2.21. The van der Waals surface area contributed by atoms with E-state index in [1.54, 1.807) is 21.3 Å². The number of hydrogen-bond acceptors (Lipinski definition) is 6. The summed E-state index contributed by atoms with van der Waals surface area (Å²) >= 11 is 0. The Kier molecular flexibility index (Phi) is 7.69. The second-order valence-corrected chi connectivity index (χ2v) is 6.11. The van der Waals surface area contributed by atoms with E-state index in [1.165, 1.54) is 11.1 Å². The molecule has 0 spiro atoms. The number of methoxy groups -OCH3 is 2. The van der Waals surface area contributed by atoms with Gasteiger partial charge in [-0.3, -0.25) is 4.99 Å². The molecule has 0 fully saturated rings. The summed E-state index contributed by atoms with van der Waals surface area (Å²) in [5.41, 5.74) is 2.51. The summed E-state index contributed by atoms with van der Waals surface area (Å²) in [6, 6.07) is 4.12. The van der Waals surface area contributed by atoms with Crippen LogP contribution in [0.25, 0.3) is 0 Å². The third-order valence-electron chi connectivity index (χ3n) is 4.42. The Morgan fingerprint density at radius 1 is 1.26 bits per heavy atom. The van der Waals surface area contributed by atoms with Gasteiger partial charge in [0.05, 0.1) is 14.2 Å². The van der Waals surface area contributed by atoms with Gasteiger partial charge in [-0.2, -0.15) is 4.98 Å². The highest BCUT2D eigenvalue weighted by molar-refractivity contribution is 14.0. The number of fused-ring (bicyclic) bond motifs is 1. The van der Waals surface area contributed by atoms with E-state index in [1.807, 2.05) is 6.92 Å². The molecule has 0 bridgehead atoms. The number of nitrogens with zero attached hydrogens (tertiary/aromatic N) is 4. The van der Waals surface area contributed by atoms with Crippen molar-refractivity contribution in [1.29, 1.82) is 0 Å². The first-order valence-corrected chi connectivity index (χ1v) is 8.63. The van der Waals surface area contributed by atoms with Crippen LogP contribution in [0.5, 0.6) is 11.5 Å². The molecule has 0 aliphatic carbocycles. The number of guanidine groups is 1. The highest BCUT2D eigenvalue weighted by Crippen LogP contribution is 2.33. The van der Waals surface area contributed by atoms with Gasteiger partial charge in [-0.1, -0.05) is 5.16 Å². The Bertz CT molecular complexity index is 793. The van der Waals surface area contributed by atoms with Crippen molar-refractivity contribution < 1.29 is 14.0 Å². The van der Waals surface area contributed by atoms with Gasteiger partial charge >= 0.3 is 0 Å². The molecule has 0 amide bonds. The number of nitrogens with one attached hydrogen (secondary N) is 1. The minimum absolute atomic E-state index is 0. The summed E-state index contributed by atoms with van der Waals surface area (Å²) in [5, 5.41) is 7.17. The van der Waals surface area contributed by atoms with Crippen LogP contribution in [-0.4, -0.2) is 55.4 Å². The molecule has 1 aromatic carbocycles. The first-order valence-electron chi connectivity index (χ1n) is 8.63. The third-order valence-corrected chi connectivity index (χ3v) is 4.42. The zero-order chi connectivity index (χ0) is 18.5. The van der Waals surface area contributed by atoms with Crippen molar-refractivity contribution in [3.8, 4) is 11.5 Å². The van der Waals surface area contributed by atoms with Crippen molar-refractivity contribution in [1.82, 2.24) is 20.4 Å². The van der Waals surface area contributed by atoms with Gasteiger partial charge in [0, 0.05) is 33.1 Å². The molecule has 27 heavy (non-hydrogen) atoms. The minimum atomic E-state index is 0. The van der Waals surface area contributed by atoms with Gasteiger partial charge in [-0.15, -0.1) is 24.0 Å². The normalized spacial score (nSPS) is 13.6. The average molecular weight is 487 g/mol. The minimum Gasteiger partial charge on any atom is -0.493 e. The second kappa shape index (κ2) is 9.77. The molecule has 1 aromatic heterocycles. The van der Waals surface area contributed by atoms with E-state index in [0.717, 1.165) is 37.0 Å². The zero-order valence-corrected chi connectivity index (χ0v) is 18.4. The highest BCUT2D eigenvalue weighted by atomic mass is 127. The zero-order valence-electron chi connectivity index (χ0n) is 16.1. The molecule has 0 saturated heterocycles. The molecule has 1 aliphatic heterocycles. The fourth-order valence-electron chi connectivity index (χ4n) is 3.12. The lowest BCUT2D eigenvalue weighted by Gasteiger charge is -2.32. The molecule has 2 heterocycles. The van der Waals surface area contributed by atoms with Gasteiger partial charge in [0.2, 0.25) is 5.89 Å². The van der Waals surface area contributed by atoms with Crippen LogP contribution in [0.15, 0.2) is 21.6 Å². The number of rotatable bonds is 5. The standard InChI is InChI=1S/C18H25N5O3.HI/c1-12-21-17(26-22-12)5-7-20-18(19-2)23-8-6-13-9-15(24-3)16(25-4)10-14(13)11-23;/h9-10H,5-8,11H2,1-4H3,(H,19,20);1H. The topological polar surface area (TPSA) is 85.0 Å². The molecule has 3 rings (SSSR count). The molecule has 1 N–H and O–H groups in total. The van der Waals surface area contributed by atoms with E-state index >= 15 is 0 Å². The maximum Gasteiger partial charge on any atom is 0.228 e. The van der Waals surface area contributed by atoms with Gasteiger partial charge in [0.25, 0.3) is 0 Å². The van der Waals surface area contributed by atoms with Crippen molar-refractivity contribution in [3.63, 3.8) is 0 Å². The van der Waals surface area contributed by atoms with Crippen LogP contribution in [0, 0.1) is 6.92 Å². The number of benzene rings is 1. The van der Waals surface area contributed by atoms with Crippen molar-refractivity contribution in [2.24, 2.45) is 4.99 Å². The lowest BCUT2D eigenvalue weighted by atomic mass is 9.99. The Hall–Kier alpha value is -2.04. The number of aryl methyl sites for hydroxylation is 1. The lowest BCUT2D eigenvalue weighted by Crippen LogP contribution is -2.44. The van der Waals surface area contributed by atoms with Crippen LogP contribution in [0.1, 0.15) is 22.8 Å². The van der Waals surface area contributed by atoms with Crippen molar-refractivity contribution in [2.75, 3.05) is 34.4 Å². The average Bonchev–Trinajstić information content (AvgIpc) is 3.08. The Labute approximate surface area is 176 Å². The summed E-state index contributed by atoms with van der Waals surface area (Å²) in [5.74, 6) is 3.68. The van der Waals surface area contributed by atoms with Gasteiger partial charge < -0.3 is 24.2 Å². The molecule has 0 atom stereocenters. The molecular weight excluding hydrogens is 461 g/mol. The molecule has 1 aliphatic rings. The van der Waals surface area contributed by atoms with E-state index < -0.39 is 0 Å². The molecule has 9 heteroatoms. The SMILES string of the molecule is CN=C(NCCc1nc(C)no1)N1CCc2cc(OC)c(OC)cc2C1.I. The summed E-state index contributed by atoms with van der Waals surface area (Å²) in [6.07, 6.45) is 1.59. The number of halogens is 1. The quantitative estimate of drug-likeness (QED) is 0.393. The van der Waals surface area contributed by atoms with Crippen LogP contribution >= 0.6 is 24.0 Å². The maximum atomic E-state index is 5.43. The van der Waals surface area contributed by atoms with Crippen molar-refractivity contribution >= 4 is 29.9 Å².